The largest absolute Gasteiger partial charge is 0.481 e. The SMILES string of the molecule is C[C@@H](N[C@H]1CCC[C@H](c2ccc(CC(=O)O)cc2)C1)c1cccc2ccccc12. The number of benzene rings is 3. The minimum absolute atomic E-state index is 0.0949. The molecule has 3 atom stereocenters. The third-order valence-corrected chi connectivity index (χ3v) is 6.26. The van der Waals surface area contributed by atoms with Crippen molar-refractivity contribution >= 4 is 16.7 Å². The molecule has 29 heavy (non-hydrogen) atoms. The van der Waals surface area contributed by atoms with Crippen molar-refractivity contribution in [2.75, 3.05) is 0 Å². The predicted octanol–water partition coefficient (Wildman–Crippen LogP) is 5.84. The van der Waals surface area contributed by atoms with Gasteiger partial charge in [-0.2, -0.15) is 0 Å². The van der Waals surface area contributed by atoms with E-state index in [1.165, 1.54) is 41.2 Å². The molecule has 0 amide bonds. The van der Waals surface area contributed by atoms with Crippen LogP contribution in [0, 0.1) is 0 Å². The Balaban J connectivity index is 1.44. The first-order valence-electron chi connectivity index (χ1n) is 10.6. The zero-order chi connectivity index (χ0) is 20.2. The molecule has 0 radical (unpaired) electrons. The van der Waals surface area contributed by atoms with Crippen molar-refractivity contribution in [3.05, 3.63) is 83.4 Å². The van der Waals surface area contributed by atoms with Gasteiger partial charge in [-0.1, -0.05) is 73.2 Å². The van der Waals surface area contributed by atoms with Crippen molar-refractivity contribution in [1.29, 1.82) is 0 Å². The van der Waals surface area contributed by atoms with E-state index in [1.54, 1.807) is 0 Å². The molecule has 1 saturated carbocycles. The molecule has 1 aliphatic carbocycles. The highest BCUT2D eigenvalue weighted by molar-refractivity contribution is 5.86. The molecule has 0 aliphatic heterocycles. The van der Waals surface area contributed by atoms with Gasteiger partial charge in [0, 0.05) is 12.1 Å². The lowest BCUT2D eigenvalue weighted by Gasteiger charge is -2.32. The number of aliphatic carboxylic acids is 1. The minimum Gasteiger partial charge on any atom is -0.481 e. The Hall–Kier alpha value is -2.65. The number of fused-ring (bicyclic) bond motifs is 1. The number of carboxylic acid groups (broad SMARTS) is 1. The molecule has 0 unspecified atom stereocenters. The molecule has 0 bridgehead atoms. The van der Waals surface area contributed by atoms with E-state index in [0.717, 1.165) is 12.0 Å². The van der Waals surface area contributed by atoms with Crippen LogP contribution in [0.5, 0.6) is 0 Å². The summed E-state index contributed by atoms with van der Waals surface area (Å²) >= 11 is 0. The maximum absolute atomic E-state index is 10.9. The third-order valence-electron chi connectivity index (χ3n) is 6.26. The first-order chi connectivity index (χ1) is 14.1. The van der Waals surface area contributed by atoms with Crippen LogP contribution >= 0.6 is 0 Å². The van der Waals surface area contributed by atoms with E-state index in [9.17, 15) is 4.79 Å². The molecule has 1 aliphatic rings. The summed E-state index contributed by atoms with van der Waals surface area (Å²) in [4.78, 5) is 10.9. The van der Waals surface area contributed by atoms with Gasteiger partial charge < -0.3 is 10.4 Å². The fourth-order valence-electron chi connectivity index (χ4n) is 4.80. The summed E-state index contributed by atoms with van der Waals surface area (Å²) < 4.78 is 0. The highest BCUT2D eigenvalue weighted by atomic mass is 16.4. The van der Waals surface area contributed by atoms with Gasteiger partial charge in [0.2, 0.25) is 0 Å². The molecule has 2 N–H and O–H groups in total. The molecule has 150 valence electrons. The van der Waals surface area contributed by atoms with Gasteiger partial charge in [-0.25, -0.2) is 0 Å². The highest BCUT2D eigenvalue weighted by Crippen LogP contribution is 2.34. The third kappa shape index (κ3) is 4.68. The number of hydrogen-bond acceptors (Lipinski definition) is 2. The molecule has 3 nitrogen and oxygen atoms in total. The number of nitrogens with one attached hydrogen (secondary N) is 1. The lowest BCUT2D eigenvalue weighted by atomic mass is 9.80. The van der Waals surface area contributed by atoms with Gasteiger partial charge in [-0.15, -0.1) is 0 Å². The average Bonchev–Trinajstić information content (AvgIpc) is 2.73. The normalized spacial score (nSPS) is 20.4. The van der Waals surface area contributed by atoms with Crippen LogP contribution in [-0.2, 0) is 11.2 Å². The standard InChI is InChI=1S/C26H29NO2/c1-18(24-11-5-7-21-6-2-3-10-25(21)24)27-23-9-4-8-22(17-23)20-14-12-19(13-15-20)16-26(28)29/h2-3,5-7,10-15,18,22-23,27H,4,8-9,16-17H2,1H3,(H,28,29)/t18-,22+,23+/m1/s1. The Labute approximate surface area is 172 Å². The van der Waals surface area contributed by atoms with Crippen LogP contribution in [0.1, 0.15) is 61.3 Å². The zero-order valence-corrected chi connectivity index (χ0v) is 17.0. The minimum atomic E-state index is -0.776. The molecular weight excluding hydrogens is 358 g/mol. The molecule has 0 spiro atoms. The fraction of sp³-hybridized carbons (Fsp3) is 0.346. The van der Waals surface area contributed by atoms with Crippen LogP contribution in [0.2, 0.25) is 0 Å². The van der Waals surface area contributed by atoms with Crippen molar-refractivity contribution in [3.8, 4) is 0 Å². The Kier molecular flexibility index (Phi) is 5.96. The van der Waals surface area contributed by atoms with E-state index in [2.05, 4.69) is 66.8 Å². The Morgan fingerprint density at radius 1 is 1.03 bits per heavy atom. The summed E-state index contributed by atoms with van der Waals surface area (Å²) in [7, 11) is 0. The topological polar surface area (TPSA) is 49.3 Å². The number of hydrogen-bond donors (Lipinski definition) is 2. The van der Waals surface area contributed by atoms with E-state index in [0.29, 0.717) is 18.0 Å². The van der Waals surface area contributed by atoms with Crippen LogP contribution in [0.15, 0.2) is 66.7 Å². The quantitative estimate of drug-likeness (QED) is 0.558. The van der Waals surface area contributed by atoms with E-state index in [1.807, 2.05) is 12.1 Å². The lowest BCUT2D eigenvalue weighted by molar-refractivity contribution is -0.136. The summed E-state index contributed by atoms with van der Waals surface area (Å²) in [5, 5.41) is 15.5. The zero-order valence-electron chi connectivity index (χ0n) is 17.0. The lowest BCUT2D eigenvalue weighted by Crippen LogP contribution is -2.35. The van der Waals surface area contributed by atoms with Crippen molar-refractivity contribution in [2.24, 2.45) is 0 Å². The molecule has 3 aromatic rings. The van der Waals surface area contributed by atoms with Crippen LogP contribution in [0.3, 0.4) is 0 Å². The first-order valence-corrected chi connectivity index (χ1v) is 10.6. The number of carboxylic acids is 1. The van der Waals surface area contributed by atoms with E-state index >= 15 is 0 Å². The molecule has 0 heterocycles. The van der Waals surface area contributed by atoms with Gasteiger partial charge in [0.25, 0.3) is 0 Å². The van der Waals surface area contributed by atoms with Gasteiger partial charge in [0.15, 0.2) is 0 Å². The Bertz CT molecular complexity index is 974. The summed E-state index contributed by atoms with van der Waals surface area (Å²) in [6.07, 6.45) is 4.87. The number of rotatable bonds is 6. The van der Waals surface area contributed by atoms with Gasteiger partial charge >= 0.3 is 5.97 Å². The van der Waals surface area contributed by atoms with Crippen LogP contribution in [0.4, 0.5) is 0 Å². The predicted molar refractivity (Wildman–Crippen MR) is 118 cm³/mol. The fourth-order valence-corrected chi connectivity index (χ4v) is 4.80. The summed E-state index contributed by atoms with van der Waals surface area (Å²) in [6.45, 7) is 2.27. The van der Waals surface area contributed by atoms with Crippen LogP contribution in [0.25, 0.3) is 10.8 Å². The van der Waals surface area contributed by atoms with E-state index in [4.69, 9.17) is 5.11 Å². The molecule has 3 aromatic carbocycles. The second-order valence-electron chi connectivity index (χ2n) is 8.33. The van der Waals surface area contributed by atoms with Crippen LogP contribution in [-0.4, -0.2) is 17.1 Å². The van der Waals surface area contributed by atoms with Crippen molar-refractivity contribution in [2.45, 2.75) is 57.0 Å². The summed E-state index contributed by atoms with van der Waals surface area (Å²) in [5.41, 5.74) is 3.57. The monoisotopic (exact) mass is 387 g/mol. The van der Waals surface area contributed by atoms with E-state index < -0.39 is 5.97 Å². The molecule has 1 fully saturated rings. The van der Waals surface area contributed by atoms with Crippen molar-refractivity contribution in [1.82, 2.24) is 5.32 Å². The Morgan fingerprint density at radius 3 is 2.59 bits per heavy atom. The maximum Gasteiger partial charge on any atom is 0.307 e. The smallest absolute Gasteiger partial charge is 0.307 e. The van der Waals surface area contributed by atoms with Gasteiger partial charge in [0.05, 0.1) is 6.42 Å². The van der Waals surface area contributed by atoms with Crippen molar-refractivity contribution < 1.29 is 9.90 Å². The second kappa shape index (κ2) is 8.79. The van der Waals surface area contributed by atoms with E-state index in [-0.39, 0.29) is 6.42 Å². The highest BCUT2D eigenvalue weighted by Gasteiger charge is 2.25. The maximum atomic E-state index is 10.9. The average molecular weight is 388 g/mol. The molecule has 0 aromatic heterocycles. The molecular formula is C26H29NO2. The van der Waals surface area contributed by atoms with Gasteiger partial charge in [-0.05, 0) is 59.6 Å². The van der Waals surface area contributed by atoms with Crippen LogP contribution < -0.4 is 5.32 Å². The summed E-state index contributed by atoms with van der Waals surface area (Å²) in [6, 6.07) is 24.2. The van der Waals surface area contributed by atoms with Gasteiger partial charge in [0.1, 0.15) is 0 Å². The molecule has 3 heteroatoms. The van der Waals surface area contributed by atoms with Gasteiger partial charge in [-0.3, -0.25) is 4.79 Å². The Morgan fingerprint density at radius 2 is 1.79 bits per heavy atom. The molecule has 4 rings (SSSR count). The molecule has 0 saturated heterocycles. The first kappa shape index (κ1) is 19.7. The second-order valence-corrected chi connectivity index (χ2v) is 8.33. The van der Waals surface area contributed by atoms with Crippen molar-refractivity contribution in [3.63, 3.8) is 0 Å². The number of carbonyl (C=O) groups is 1. The summed E-state index contributed by atoms with van der Waals surface area (Å²) in [5.74, 6) is -0.234.